The smallest absolute Gasteiger partial charge is 0.237 e. The zero-order valence-corrected chi connectivity index (χ0v) is 8.34. The Kier molecular flexibility index (Phi) is 3.69. The number of rotatable bonds is 3. The van der Waals surface area contributed by atoms with Crippen molar-refractivity contribution in [3.05, 3.63) is 0 Å². The van der Waals surface area contributed by atoms with Crippen molar-refractivity contribution in [2.45, 2.75) is 32.4 Å². The van der Waals surface area contributed by atoms with Gasteiger partial charge in [0.15, 0.2) is 0 Å². The van der Waals surface area contributed by atoms with Gasteiger partial charge in [0.1, 0.15) is 0 Å². The summed E-state index contributed by atoms with van der Waals surface area (Å²) >= 11 is 0. The minimum absolute atomic E-state index is 0.0244. The molecule has 4 N–H and O–H groups in total. The summed E-state index contributed by atoms with van der Waals surface area (Å²) in [5.74, 6) is 0.179. The summed E-state index contributed by atoms with van der Waals surface area (Å²) in [6.45, 7) is 5.77. The second-order valence-electron chi connectivity index (χ2n) is 3.97. The molecule has 0 bridgehead atoms. The van der Waals surface area contributed by atoms with E-state index in [9.17, 15) is 4.79 Å². The average Bonchev–Trinajstić information content (AvgIpc) is 2.55. The lowest BCUT2D eigenvalue weighted by molar-refractivity contribution is -0.123. The van der Waals surface area contributed by atoms with Crippen LogP contribution in [-0.2, 0) is 4.79 Å². The van der Waals surface area contributed by atoms with E-state index in [4.69, 9.17) is 5.73 Å². The van der Waals surface area contributed by atoms with Crippen LogP contribution in [0.3, 0.4) is 0 Å². The summed E-state index contributed by atoms with van der Waals surface area (Å²) < 4.78 is 0. The van der Waals surface area contributed by atoms with Gasteiger partial charge < -0.3 is 16.4 Å². The normalized spacial score (nSPS) is 24.8. The highest BCUT2D eigenvalue weighted by Crippen LogP contribution is 2.01. The Morgan fingerprint density at radius 1 is 1.62 bits per heavy atom. The van der Waals surface area contributed by atoms with Crippen molar-refractivity contribution in [2.24, 2.45) is 11.7 Å². The summed E-state index contributed by atoms with van der Waals surface area (Å²) in [6, 6.07) is -0.0992. The fourth-order valence-corrected chi connectivity index (χ4v) is 1.38. The van der Waals surface area contributed by atoms with Gasteiger partial charge in [-0.2, -0.15) is 0 Å². The van der Waals surface area contributed by atoms with Gasteiger partial charge in [-0.3, -0.25) is 4.79 Å². The predicted molar refractivity (Wildman–Crippen MR) is 52.2 cm³/mol. The maximum atomic E-state index is 11.5. The molecule has 1 saturated heterocycles. The number of amides is 1. The lowest BCUT2D eigenvalue weighted by Gasteiger charge is -2.18. The molecule has 1 rings (SSSR count). The molecule has 0 aromatic carbocycles. The van der Waals surface area contributed by atoms with Gasteiger partial charge >= 0.3 is 0 Å². The van der Waals surface area contributed by atoms with E-state index >= 15 is 0 Å². The van der Waals surface area contributed by atoms with E-state index in [0.717, 1.165) is 19.5 Å². The summed E-state index contributed by atoms with van der Waals surface area (Å²) in [7, 11) is 0. The van der Waals surface area contributed by atoms with E-state index in [-0.39, 0.29) is 23.9 Å². The van der Waals surface area contributed by atoms with Crippen molar-refractivity contribution in [3.63, 3.8) is 0 Å². The number of hydrogen-bond acceptors (Lipinski definition) is 3. The molecule has 0 aliphatic carbocycles. The van der Waals surface area contributed by atoms with Crippen molar-refractivity contribution in [1.29, 1.82) is 0 Å². The van der Waals surface area contributed by atoms with Gasteiger partial charge in [0.05, 0.1) is 6.04 Å². The molecule has 0 saturated carbocycles. The van der Waals surface area contributed by atoms with Crippen molar-refractivity contribution < 1.29 is 4.79 Å². The topological polar surface area (TPSA) is 67.2 Å². The Balaban J connectivity index is 2.31. The van der Waals surface area contributed by atoms with Crippen LogP contribution in [0.4, 0.5) is 0 Å². The van der Waals surface area contributed by atoms with Crippen molar-refractivity contribution in [3.8, 4) is 0 Å². The van der Waals surface area contributed by atoms with E-state index in [0.29, 0.717) is 0 Å². The zero-order chi connectivity index (χ0) is 9.84. The number of carbonyl (C=O) groups excluding carboxylic acids is 1. The molecule has 0 radical (unpaired) electrons. The highest BCUT2D eigenvalue weighted by atomic mass is 16.2. The number of nitrogens with one attached hydrogen (secondary N) is 2. The largest absolute Gasteiger partial charge is 0.351 e. The van der Waals surface area contributed by atoms with Crippen LogP contribution in [0.25, 0.3) is 0 Å². The van der Waals surface area contributed by atoms with Gasteiger partial charge in [0.25, 0.3) is 0 Å². The van der Waals surface area contributed by atoms with E-state index in [2.05, 4.69) is 10.6 Å². The Labute approximate surface area is 79.3 Å². The van der Waals surface area contributed by atoms with Gasteiger partial charge in [-0.1, -0.05) is 13.8 Å². The molecule has 0 aromatic heterocycles. The first kappa shape index (κ1) is 10.5. The quantitative estimate of drug-likeness (QED) is 0.552. The first-order chi connectivity index (χ1) is 6.11. The lowest BCUT2D eigenvalue weighted by Crippen LogP contribution is -2.48. The predicted octanol–water partition coefficient (Wildman–Crippen LogP) is -0.552. The molecule has 4 heteroatoms. The molecule has 1 heterocycles. The van der Waals surface area contributed by atoms with Crippen LogP contribution in [0.2, 0.25) is 0 Å². The molecular weight excluding hydrogens is 166 g/mol. The van der Waals surface area contributed by atoms with E-state index in [1.165, 1.54) is 0 Å². The molecule has 4 nitrogen and oxygen atoms in total. The van der Waals surface area contributed by atoms with Crippen molar-refractivity contribution in [1.82, 2.24) is 10.6 Å². The van der Waals surface area contributed by atoms with Gasteiger partial charge in [0, 0.05) is 12.6 Å². The molecule has 2 atom stereocenters. The third-order valence-corrected chi connectivity index (χ3v) is 2.43. The van der Waals surface area contributed by atoms with Crippen molar-refractivity contribution in [2.75, 3.05) is 13.1 Å². The van der Waals surface area contributed by atoms with Crippen LogP contribution in [0.1, 0.15) is 20.3 Å². The molecule has 0 spiro atoms. The minimum Gasteiger partial charge on any atom is -0.351 e. The van der Waals surface area contributed by atoms with Gasteiger partial charge in [0.2, 0.25) is 5.91 Å². The Hall–Kier alpha value is -0.610. The average molecular weight is 185 g/mol. The second kappa shape index (κ2) is 4.58. The van der Waals surface area contributed by atoms with Crippen molar-refractivity contribution >= 4 is 5.91 Å². The van der Waals surface area contributed by atoms with Crippen LogP contribution in [0.15, 0.2) is 0 Å². The monoisotopic (exact) mass is 185 g/mol. The van der Waals surface area contributed by atoms with Crippen LogP contribution >= 0.6 is 0 Å². The van der Waals surface area contributed by atoms with Gasteiger partial charge in [-0.15, -0.1) is 0 Å². The highest BCUT2D eigenvalue weighted by Gasteiger charge is 2.22. The number of hydrogen-bond donors (Lipinski definition) is 3. The standard InChI is InChI=1S/C9H19N3O/c1-6(2)8(10)9(13)12-7-3-4-11-5-7/h6-8,11H,3-5,10H2,1-2H3,(H,12,13)/t7?,8-/m0/s1. The van der Waals surface area contributed by atoms with E-state index in [1.807, 2.05) is 13.8 Å². The Morgan fingerprint density at radius 3 is 2.77 bits per heavy atom. The minimum atomic E-state index is -0.374. The summed E-state index contributed by atoms with van der Waals surface area (Å²) in [5.41, 5.74) is 5.71. The summed E-state index contributed by atoms with van der Waals surface area (Å²) in [6.07, 6.45) is 1.01. The fraction of sp³-hybridized carbons (Fsp3) is 0.889. The van der Waals surface area contributed by atoms with Crippen LogP contribution < -0.4 is 16.4 Å². The fourth-order valence-electron chi connectivity index (χ4n) is 1.38. The molecule has 1 aliphatic rings. The highest BCUT2D eigenvalue weighted by molar-refractivity contribution is 5.82. The maximum Gasteiger partial charge on any atom is 0.237 e. The van der Waals surface area contributed by atoms with E-state index in [1.54, 1.807) is 0 Å². The van der Waals surface area contributed by atoms with E-state index < -0.39 is 0 Å². The Morgan fingerprint density at radius 2 is 2.31 bits per heavy atom. The molecule has 13 heavy (non-hydrogen) atoms. The first-order valence-electron chi connectivity index (χ1n) is 4.88. The third kappa shape index (κ3) is 2.97. The molecule has 1 unspecified atom stereocenters. The summed E-state index contributed by atoms with van der Waals surface area (Å²) in [5, 5.41) is 6.12. The summed E-state index contributed by atoms with van der Waals surface area (Å²) in [4.78, 5) is 11.5. The number of carbonyl (C=O) groups is 1. The molecule has 1 aliphatic heterocycles. The lowest BCUT2D eigenvalue weighted by atomic mass is 10.0. The molecular formula is C9H19N3O. The van der Waals surface area contributed by atoms with Crippen LogP contribution in [-0.4, -0.2) is 31.1 Å². The van der Waals surface area contributed by atoms with Crippen LogP contribution in [0, 0.1) is 5.92 Å². The maximum absolute atomic E-state index is 11.5. The molecule has 1 amide bonds. The molecule has 0 aromatic rings. The van der Waals surface area contributed by atoms with Gasteiger partial charge in [-0.25, -0.2) is 0 Å². The molecule has 76 valence electrons. The third-order valence-electron chi connectivity index (χ3n) is 2.43. The SMILES string of the molecule is CC(C)[C@H](N)C(=O)NC1CCNC1. The molecule has 1 fully saturated rings. The van der Waals surface area contributed by atoms with Gasteiger partial charge in [-0.05, 0) is 18.9 Å². The zero-order valence-electron chi connectivity index (χ0n) is 8.34. The Bertz CT molecular complexity index is 176. The number of nitrogens with two attached hydrogens (primary N) is 1. The first-order valence-corrected chi connectivity index (χ1v) is 4.88. The van der Waals surface area contributed by atoms with Crippen LogP contribution in [0.5, 0.6) is 0 Å². The second-order valence-corrected chi connectivity index (χ2v) is 3.97.